The molecule has 0 radical (unpaired) electrons. The molecule has 2 rings (SSSR count). The van der Waals surface area contributed by atoms with Crippen molar-refractivity contribution in [1.82, 2.24) is 4.98 Å². The van der Waals surface area contributed by atoms with E-state index in [4.69, 9.17) is 4.74 Å². The van der Waals surface area contributed by atoms with Crippen LogP contribution in [0.4, 0.5) is 5.13 Å². The first-order valence-corrected chi connectivity index (χ1v) is 11.3. The van der Waals surface area contributed by atoms with E-state index in [0.29, 0.717) is 0 Å². The fourth-order valence-corrected chi connectivity index (χ4v) is 3.13. The second-order valence-corrected chi connectivity index (χ2v) is 7.27. The SMILES string of the molecule is C/C=C\COCCCCCCC.C=C/C=C/Nc1nc(C2=CC=NC=CC2)cs1. The fraction of sp³-hybridized carbons (Fsp3) is 0.417. The van der Waals surface area contributed by atoms with Gasteiger partial charge in [0.25, 0.3) is 0 Å². The molecule has 0 atom stereocenters. The lowest BCUT2D eigenvalue weighted by Gasteiger charge is -2.00. The summed E-state index contributed by atoms with van der Waals surface area (Å²) in [7, 11) is 0. The van der Waals surface area contributed by atoms with Crippen LogP contribution in [-0.2, 0) is 4.74 Å². The Morgan fingerprint density at radius 2 is 2.14 bits per heavy atom. The van der Waals surface area contributed by atoms with Crippen molar-refractivity contribution >= 4 is 28.3 Å². The third kappa shape index (κ3) is 12.8. The summed E-state index contributed by atoms with van der Waals surface area (Å²) in [5.74, 6) is 0. The third-order valence-corrected chi connectivity index (χ3v) is 4.78. The van der Waals surface area contributed by atoms with Crippen molar-refractivity contribution in [1.29, 1.82) is 0 Å². The highest BCUT2D eigenvalue weighted by Crippen LogP contribution is 2.24. The van der Waals surface area contributed by atoms with Crippen LogP contribution in [0.25, 0.3) is 5.57 Å². The monoisotopic (exact) mass is 413 g/mol. The number of aromatic nitrogens is 1. The molecule has 1 N–H and O–H groups in total. The summed E-state index contributed by atoms with van der Waals surface area (Å²) < 4.78 is 5.37. The normalized spacial score (nSPS) is 13.2. The molecule has 0 saturated carbocycles. The molecule has 4 nitrogen and oxygen atoms in total. The van der Waals surface area contributed by atoms with Crippen molar-refractivity contribution < 1.29 is 4.74 Å². The van der Waals surface area contributed by atoms with E-state index >= 15 is 0 Å². The topological polar surface area (TPSA) is 46.5 Å². The lowest BCUT2D eigenvalue weighted by atomic mass is 10.1. The number of aliphatic imine (C=N–C) groups is 1. The lowest BCUT2D eigenvalue weighted by Crippen LogP contribution is -1.93. The Hall–Kier alpha value is -2.24. The van der Waals surface area contributed by atoms with Crippen LogP contribution in [0.5, 0.6) is 0 Å². The van der Waals surface area contributed by atoms with E-state index in [0.717, 1.165) is 30.5 Å². The Kier molecular flexibility index (Phi) is 15.2. The Morgan fingerprint density at radius 3 is 2.93 bits per heavy atom. The lowest BCUT2D eigenvalue weighted by molar-refractivity contribution is 0.157. The highest BCUT2D eigenvalue weighted by molar-refractivity contribution is 7.13. The van der Waals surface area contributed by atoms with Gasteiger partial charge in [-0.1, -0.05) is 63.5 Å². The van der Waals surface area contributed by atoms with E-state index in [1.165, 1.54) is 37.7 Å². The number of ether oxygens (including phenoxy) is 1. The quantitative estimate of drug-likeness (QED) is 0.224. The Morgan fingerprint density at radius 1 is 1.28 bits per heavy atom. The zero-order chi connectivity index (χ0) is 21.0. The maximum atomic E-state index is 5.37. The van der Waals surface area contributed by atoms with Gasteiger partial charge in [0, 0.05) is 30.6 Å². The van der Waals surface area contributed by atoms with Crippen LogP contribution in [0, 0.1) is 0 Å². The summed E-state index contributed by atoms with van der Waals surface area (Å²) in [5.41, 5.74) is 2.18. The van der Waals surface area contributed by atoms with E-state index in [2.05, 4.69) is 28.8 Å². The minimum absolute atomic E-state index is 0.782. The molecule has 2 heterocycles. The number of rotatable bonds is 12. The van der Waals surface area contributed by atoms with Crippen molar-refractivity contribution in [2.45, 2.75) is 52.4 Å². The van der Waals surface area contributed by atoms with Crippen molar-refractivity contribution in [2.75, 3.05) is 18.5 Å². The number of anilines is 1. The maximum absolute atomic E-state index is 5.37. The molecule has 5 heteroatoms. The first-order valence-electron chi connectivity index (χ1n) is 10.4. The van der Waals surface area contributed by atoms with E-state index in [1.807, 2.05) is 55.1 Å². The number of allylic oxidation sites excluding steroid dienone is 6. The second-order valence-electron chi connectivity index (χ2n) is 6.41. The highest BCUT2D eigenvalue weighted by atomic mass is 32.1. The molecule has 0 unspecified atom stereocenters. The molecule has 0 bridgehead atoms. The molecule has 1 aromatic rings. The molecule has 0 aliphatic carbocycles. The molecule has 29 heavy (non-hydrogen) atoms. The van der Waals surface area contributed by atoms with Crippen LogP contribution >= 0.6 is 11.3 Å². The van der Waals surface area contributed by atoms with E-state index < -0.39 is 0 Å². The van der Waals surface area contributed by atoms with Gasteiger partial charge in [0.05, 0.1) is 12.3 Å². The zero-order valence-corrected chi connectivity index (χ0v) is 18.7. The standard InChI is InChI=1S/C13H13N3S.C11H22O/c1-2-3-8-15-13-16-12(10-17-13)11-5-4-7-14-9-6-11;1-3-5-7-8-9-11-12-10-6-4-2/h2-4,6-10H,1,5H2,(H,15,16);4,6H,3,5,7-11H2,1-2H3/b8-3+;6-4-. The second kappa shape index (κ2) is 17.8. The molecule has 1 aliphatic rings. The zero-order valence-electron chi connectivity index (χ0n) is 17.8. The molecule has 158 valence electrons. The van der Waals surface area contributed by atoms with Crippen molar-refractivity contribution in [3.05, 3.63) is 66.5 Å². The summed E-state index contributed by atoms with van der Waals surface area (Å²) in [4.78, 5) is 8.58. The van der Waals surface area contributed by atoms with Gasteiger partial charge in [0.1, 0.15) is 0 Å². The first kappa shape index (κ1) is 24.8. The van der Waals surface area contributed by atoms with Gasteiger partial charge in [-0.2, -0.15) is 0 Å². The van der Waals surface area contributed by atoms with Crippen molar-refractivity contribution in [2.24, 2.45) is 4.99 Å². The van der Waals surface area contributed by atoms with Crippen LogP contribution in [-0.4, -0.2) is 24.4 Å². The molecular weight excluding hydrogens is 378 g/mol. The summed E-state index contributed by atoms with van der Waals surface area (Å²) in [5, 5.41) is 6.02. The molecule has 0 amide bonds. The predicted molar refractivity (Wildman–Crippen MR) is 130 cm³/mol. The maximum Gasteiger partial charge on any atom is 0.187 e. The Bertz CT molecular complexity index is 699. The Labute approximate surface area is 180 Å². The van der Waals surface area contributed by atoms with Gasteiger partial charge in [-0.05, 0) is 37.5 Å². The number of nitrogens with one attached hydrogen (secondary N) is 1. The van der Waals surface area contributed by atoms with E-state index in [-0.39, 0.29) is 0 Å². The van der Waals surface area contributed by atoms with Gasteiger partial charge in [-0.15, -0.1) is 11.3 Å². The van der Waals surface area contributed by atoms with Crippen molar-refractivity contribution in [3.8, 4) is 0 Å². The third-order valence-electron chi connectivity index (χ3n) is 4.01. The van der Waals surface area contributed by atoms with Crippen LogP contribution in [0.15, 0.2) is 65.8 Å². The minimum atomic E-state index is 0.782. The van der Waals surface area contributed by atoms with Crippen LogP contribution in [0.3, 0.4) is 0 Å². The minimum Gasteiger partial charge on any atom is -0.377 e. The molecule has 0 aromatic carbocycles. The largest absolute Gasteiger partial charge is 0.377 e. The van der Waals surface area contributed by atoms with Gasteiger partial charge in [-0.25, -0.2) is 4.98 Å². The molecule has 1 aliphatic heterocycles. The average molecular weight is 414 g/mol. The van der Waals surface area contributed by atoms with Crippen LogP contribution in [0.1, 0.15) is 58.1 Å². The summed E-state index contributed by atoms with van der Waals surface area (Å²) in [6, 6.07) is 0. The Balaban J connectivity index is 0.000000311. The number of hydrogen-bond donors (Lipinski definition) is 1. The predicted octanol–water partition coefficient (Wildman–Crippen LogP) is 7.18. The van der Waals surface area contributed by atoms with Crippen LogP contribution < -0.4 is 5.32 Å². The summed E-state index contributed by atoms with van der Waals surface area (Å²) in [6.07, 6.45) is 24.5. The molecule has 0 fully saturated rings. The molecule has 0 saturated heterocycles. The van der Waals surface area contributed by atoms with Crippen LogP contribution in [0.2, 0.25) is 0 Å². The molecule has 1 aromatic heterocycles. The van der Waals surface area contributed by atoms with Gasteiger partial charge in [-0.3, -0.25) is 4.99 Å². The number of unbranched alkanes of at least 4 members (excludes halogenated alkanes) is 4. The summed E-state index contributed by atoms with van der Waals surface area (Å²) in [6.45, 7) is 9.57. The number of thiazole rings is 1. The highest BCUT2D eigenvalue weighted by Gasteiger charge is 2.05. The van der Waals surface area contributed by atoms with Gasteiger partial charge >= 0.3 is 0 Å². The average Bonchev–Trinajstić information content (AvgIpc) is 3.04. The molecular formula is C24H35N3OS. The van der Waals surface area contributed by atoms with Gasteiger partial charge < -0.3 is 10.1 Å². The van der Waals surface area contributed by atoms with E-state index in [1.54, 1.807) is 23.6 Å². The molecule has 0 spiro atoms. The van der Waals surface area contributed by atoms with Gasteiger partial charge in [0.2, 0.25) is 0 Å². The number of hydrogen-bond acceptors (Lipinski definition) is 5. The van der Waals surface area contributed by atoms with Crippen molar-refractivity contribution in [3.63, 3.8) is 0 Å². The summed E-state index contributed by atoms with van der Waals surface area (Å²) >= 11 is 1.58. The van der Waals surface area contributed by atoms with Gasteiger partial charge in [0.15, 0.2) is 5.13 Å². The smallest absolute Gasteiger partial charge is 0.187 e. The number of nitrogens with zero attached hydrogens (tertiary/aromatic N) is 2. The first-order chi connectivity index (χ1) is 14.3. The van der Waals surface area contributed by atoms with E-state index in [9.17, 15) is 0 Å². The fourth-order valence-electron chi connectivity index (χ4n) is 2.41.